The average molecular weight is 446 g/mol. The van der Waals surface area contributed by atoms with Crippen LogP contribution in [-0.4, -0.2) is 42.4 Å². The molecule has 0 unspecified atom stereocenters. The van der Waals surface area contributed by atoms with Crippen molar-refractivity contribution in [3.8, 4) is 11.6 Å². The van der Waals surface area contributed by atoms with E-state index in [1.54, 1.807) is 12.5 Å². The maximum absolute atomic E-state index is 13.1. The molecule has 162 valence electrons. The Morgan fingerprint density at radius 1 is 1.06 bits per heavy atom. The Bertz CT molecular complexity index is 1160. The van der Waals surface area contributed by atoms with Crippen molar-refractivity contribution in [1.82, 2.24) is 24.6 Å². The highest BCUT2D eigenvalue weighted by Gasteiger charge is 2.33. The molecule has 32 heavy (non-hydrogen) atoms. The van der Waals surface area contributed by atoms with Gasteiger partial charge in [-0.25, -0.2) is 0 Å². The van der Waals surface area contributed by atoms with Crippen molar-refractivity contribution in [3.05, 3.63) is 84.4 Å². The van der Waals surface area contributed by atoms with Crippen LogP contribution in [-0.2, 0) is 17.9 Å². The van der Waals surface area contributed by atoms with Crippen LogP contribution in [0.1, 0.15) is 24.1 Å². The predicted molar refractivity (Wildman–Crippen MR) is 122 cm³/mol. The number of carbonyl (C=O) groups excluding carboxylic acids is 1. The van der Waals surface area contributed by atoms with Gasteiger partial charge in [0.15, 0.2) is 10.9 Å². The first-order chi connectivity index (χ1) is 15.8. The van der Waals surface area contributed by atoms with E-state index in [0.29, 0.717) is 41.6 Å². The minimum Gasteiger partial charge on any atom is -0.461 e. The van der Waals surface area contributed by atoms with E-state index >= 15 is 0 Å². The highest BCUT2D eigenvalue weighted by Crippen LogP contribution is 2.30. The van der Waals surface area contributed by atoms with Crippen molar-refractivity contribution in [1.29, 1.82) is 0 Å². The highest BCUT2D eigenvalue weighted by atomic mass is 32.2. The van der Waals surface area contributed by atoms with Crippen LogP contribution in [0.5, 0.6) is 0 Å². The summed E-state index contributed by atoms with van der Waals surface area (Å²) in [7, 11) is 0. The predicted octanol–water partition coefficient (Wildman–Crippen LogP) is 4.26. The molecule has 1 fully saturated rings. The number of pyridine rings is 1. The Labute approximate surface area is 190 Å². The van der Waals surface area contributed by atoms with Crippen LogP contribution in [0.15, 0.2) is 82.7 Å². The lowest BCUT2D eigenvalue weighted by Crippen LogP contribution is -2.34. The third-order valence-corrected chi connectivity index (χ3v) is 6.28. The number of rotatable bonds is 9. The summed E-state index contributed by atoms with van der Waals surface area (Å²) in [5.74, 6) is 1.70. The van der Waals surface area contributed by atoms with Crippen LogP contribution in [0.25, 0.3) is 11.6 Å². The molecule has 1 aliphatic carbocycles. The molecule has 0 N–H and O–H groups in total. The van der Waals surface area contributed by atoms with Crippen LogP contribution in [0.3, 0.4) is 0 Å². The van der Waals surface area contributed by atoms with Crippen LogP contribution < -0.4 is 0 Å². The van der Waals surface area contributed by atoms with Gasteiger partial charge in [-0.3, -0.25) is 14.3 Å². The summed E-state index contributed by atoms with van der Waals surface area (Å²) in [6.07, 6.45) is 5.49. The summed E-state index contributed by atoms with van der Waals surface area (Å²) < 4.78 is 7.57. The summed E-state index contributed by atoms with van der Waals surface area (Å²) in [5, 5.41) is 9.43. The molecule has 5 rings (SSSR count). The summed E-state index contributed by atoms with van der Waals surface area (Å²) in [5.41, 5.74) is 2.04. The van der Waals surface area contributed by atoms with Gasteiger partial charge in [0.05, 0.1) is 30.8 Å². The molecule has 1 amide bonds. The number of amides is 1. The van der Waals surface area contributed by atoms with Crippen LogP contribution in [0.4, 0.5) is 0 Å². The Balaban J connectivity index is 1.33. The average Bonchev–Trinajstić information content (AvgIpc) is 3.37. The second-order valence-electron chi connectivity index (χ2n) is 7.72. The minimum absolute atomic E-state index is 0.0944. The topological polar surface area (TPSA) is 77.0 Å². The number of hydrogen-bond donors (Lipinski definition) is 0. The van der Waals surface area contributed by atoms with Gasteiger partial charge in [-0.15, -0.1) is 10.2 Å². The van der Waals surface area contributed by atoms with E-state index in [4.69, 9.17) is 4.42 Å². The van der Waals surface area contributed by atoms with E-state index in [1.165, 1.54) is 11.8 Å². The number of aromatic nitrogens is 4. The Kier molecular flexibility index (Phi) is 6.02. The molecule has 4 aromatic rings. The van der Waals surface area contributed by atoms with E-state index in [2.05, 4.69) is 27.3 Å². The maximum Gasteiger partial charge on any atom is 0.233 e. The second-order valence-corrected chi connectivity index (χ2v) is 8.66. The lowest BCUT2D eigenvalue weighted by Gasteiger charge is -2.22. The molecule has 3 heterocycles. The van der Waals surface area contributed by atoms with Gasteiger partial charge >= 0.3 is 0 Å². The molecule has 0 saturated heterocycles. The monoisotopic (exact) mass is 445 g/mol. The molecule has 3 aromatic heterocycles. The first-order valence-electron chi connectivity index (χ1n) is 10.6. The van der Waals surface area contributed by atoms with Crippen LogP contribution in [0.2, 0.25) is 0 Å². The number of nitrogens with zero attached hydrogens (tertiary/aromatic N) is 5. The van der Waals surface area contributed by atoms with Gasteiger partial charge in [-0.05, 0) is 42.7 Å². The van der Waals surface area contributed by atoms with E-state index < -0.39 is 0 Å². The standard InChI is InChI=1S/C24H23N5O2S/c30-22(28(20-11-12-20)16-19-9-4-5-13-25-19)17-32-24-27-26-23(21-10-6-14-31-21)29(24)15-18-7-2-1-3-8-18/h1-10,13-14,20H,11-12,15-17H2. The smallest absolute Gasteiger partial charge is 0.233 e. The largest absolute Gasteiger partial charge is 0.461 e. The van der Waals surface area contributed by atoms with Gasteiger partial charge in [-0.2, -0.15) is 0 Å². The van der Waals surface area contributed by atoms with Crippen molar-refractivity contribution in [2.24, 2.45) is 0 Å². The van der Waals surface area contributed by atoms with Crippen LogP contribution >= 0.6 is 11.8 Å². The normalized spacial score (nSPS) is 13.2. The summed E-state index contributed by atoms with van der Waals surface area (Å²) >= 11 is 1.41. The minimum atomic E-state index is 0.0944. The van der Waals surface area contributed by atoms with Crippen molar-refractivity contribution in [2.75, 3.05) is 5.75 Å². The Hall–Kier alpha value is -3.39. The zero-order valence-corrected chi connectivity index (χ0v) is 18.3. The molecule has 0 radical (unpaired) electrons. The molecular weight excluding hydrogens is 422 g/mol. The Morgan fingerprint density at radius 3 is 2.62 bits per heavy atom. The molecule has 1 aromatic carbocycles. The number of benzene rings is 1. The lowest BCUT2D eigenvalue weighted by atomic mass is 10.2. The van der Waals surface area contributed by atoms with Gasteiger partial charge < -0.3 is 9.32 Å². The van der Waals surface area contributed by atoms with Gasteiger partial charge in [0.2, 0.25) is 11.7 Å². The number of hydrogen-bond acceptors (Lipinski definition) is 6. The molecule has 1 aliphatic rings. The molecule has 0 spiro atoms. The van der Waals surface area contributed by atoms with Crippen molar-refractivity contribution in [3.63, 3.8) is 0 Å². The van der Waals surface area contributed by atoms with Gasteiger partial charge in [0.1, 0.15) is 0 Å². The number of thioether (sulfide) groups is 1. The van der Waals surface area contributed by atoms with E-state index in [1.807, 2.05) is 58.0 Å². The van der Waals surface area contributed by atoms with Gasteiger partial charge in [-0.1, -0.05) is 48.2 Å². The number of furan rings is 1. The quantitative estimate of drug-likeness (QED) is 0.358. The van der Waals surface area contributed by atoms with Crippen LogP contribution in [0, 0.1) is 0 Å². The highest BCUT2D eigenvalue weighted by molar-refractivity contribution is 7.99. The maximum atomic E-state index is 13.1. The van der Waals surface area contributed by atoms with E-state index in [0.717, 1.165) is 24.1 Å². The summed E-state index contributed by atoms with van der Waals surface area (Å²) in [4.78, 5) is 19.4. The van der Waals surface area contributed by atoms with Crippen molar-refractivity contribution >= 4 is 17.7 Å². The SMILES string of the molecule is O=C(CSc1nnc(-c2ccco2)n1Cc1ccccc1)N(Cc1ccccn1)C1CC1. The molecule has 1 saturated carbocycles. The fraction of sp³-hybridized carbons (Fsp3) is 0.250. The van der Waals surface area contributed by atoms with Gasteiger partial charge in [0, 0.05) is 12.2 Å². The third-order valence-electron chi connectivity index (χ3n) is 5.33. The molecule has 7 nitrogen and oxygen atoms in total. The summed E-state index contributed by atoms with van der Waals surface area (Å²) in [6, 6.07) is 19.9. The zero-order chi connectivity index (χ0) is 21.8. The van der Waals surface area contributed by atoms with E-state index in [-0.39, 0.29) is 5.91 Å². The van der Waals surface area contributed by atoms with Crippen molar-refractivity contribution in [2.45, 2.75) is 37.1 Å². The van der Waals surface area contributed by atoms with Gasteiger partial charge in [0.25, 0.3) is 0 Å². The fourth-order valence-corrected chi connectivity index (χ4v) is 4.40. The van der Waals surface area contributed by atoms with Crippen molar-refractivity contribution < 1.29 is 9.21 Å². The number of carbonyl (C=O) groups is 1. The summed E-state index contributed by atoms with van der Waals surface area (Å²) in [6.45, 7) is 1.14. The molecule has 8 heteroatoms. The first-order valence-corrected chi connectivity index (χ1v) is 11.6. The lowest BCUT2D eigenvalue weighted by molar-refractivity contribution is -0.129. The van der Waals surface area contributed by atoms with E-state index in [9.17, 15) is 4.79 Å². The first kappa shape index (κ1) is 20.5. The second kappa shape index (κ2) is 9.40. The fourth-order valence-electron chi connectivity index (χ4n) is 3.57. The molecule has 0 atom stereocenters. The third kappa shape index (κ3) is 4.75. The zero-order valence-electron chi connectivity index (χ0n) is 17.5. The molecular formula is C24H23N5O2S. The molecule has 0 aliphatic heterocycles. The molecule has 0 bridgehead atoms. The Morgan fingerprint density at radius 2 is 1.91 bits per heavy atom.